The minimum atomic E-state index is 0.00999. The number of anilines is 1. The van der Waals surface area contributed by atoms with Gasteiger partial charge < -0.3 is 10.0 Å². The van der Waals surface area contributed by atoms with Gasteiger partial charge in [-0.15, -0.1) is 0 Å². The van der Waals surface area contributed by atoms with Crippen molar-refractivity contribution in [3.63, 3.8) is 0 Å². The maximum atomic E-state index is 9.32. The van der Waals surface area contributed by atoms with Crippen molar-refractivity contribution < 1.29 is 5.11 Å². The SMILES string of the molecule is CC1(C)CCCN(c2ncncc2CO)CC1. The number of aliphatic hydroxyl groups is 1. The number of aromatic nitrogens is 2. The van der Waals surface area contributed by atoms with Crippen LogP contribution in [0.2, 0.25) is 0 Å². The molecule has 0 aromatic carbocycles. The lowest BCUT2D eigenvalue weighted by molar-refractivity contribution is 0.281. The summed E-state index contributed by atoms with van der Waals surface area (Å²) in [5.74, 6) is 0.903. The third-order valence-electron chi connectivity index (χ3n) is 3.57. The third-order valence-corrected chi connectivity index (χ3v) is 3.57. The minimum absolute atomic E-state index is 0.00999. The van der Waals surface area contributed by atoms with E-state index in [1.165, 1.54) is 19.3 Å². The summed E-state index contributed by atoms with van der Waals surface area (Å²) in [5.41, 5.74) is 1.24. The van der Waals surface area contributed by atoms with Gasteiger partial charge in [0.15, 0.2) is 0 Å². The first kappa shape index (κ1) is 12.3. The molecule has 0 aliphatic carbocycles. The van der Waals surface area contributed by atoms with E-state index in [4.69, 9.17) is 0 Å². The molecule has 0 saturated carbocycles. The van der Waals surface area contributed by atoms with Crippen molar-refractivity contribution in [1.29, 1.82) is 0 Å². The van der Waals surface area contributed by atoms with Gasteiger partial charge in [-0.1, -0.05) is 13.8 Å². The Labute approximate surface area is 103 Å². The van der Waals surface area contributed by atoms with Crippen LogP contribution in [0, 0.1) is 5.41 Å². The molecule has 0 bridgehead atoms. The van der Waals surface area contributed by atoms with Crippen LogP contribution in [0.1, 0.15) is 38.7 Å². The van der Waals surface area contributed by atoms with E-state index in [1.807, 2.05) is 0 Å². The van der Waals surface area contributed by atoms with Gasteiger partial charge in [-0.3, -0.25) is 0 Å². The zero-order chi connectivity index (χ0) is 12.3. The molecule has 0 spiro atoms. The predicted molar refractivity (Wildman–Crippen MR) is 67.8 cm³/mol. The summed E-state index contributed by atoms with van der Waals surface area (Å²) >= 11 is 0. The Bertz CT molecular complexity index is 379. The number of nitrogens with zero attached hydrogens (tertiary/aromatic N) is 3. The van der Waals surface area contributed by atoms with Crippen LogP contribution in [0.3, 0.4) is 0 Å². The maximum Gasteiger partial charge on any atom is 0.137 e. The largest absolute Gasteiger partial charge is 0.391 e. The molecule has 1 aliphatic heterocycles. The number of rotatable bonds is 2. The number of hydrogen-bond donors (Lipinski definition) is 1. The number of aliphatic hydroxyl groups excluding tert-OH is 1. The molecule has 1 aromatic heterocycles. The molecule has 1 N–H and O–H groups in total. The van der Waals surface area contributed by atoms with Crippen LogP contribution in [0.25, 0.3) is 0 Å². The molecule has 0 unspecified atom stereocenters. The fourth-order valence-electron chi connectivity index (χ4n) is 2.38. The van der Waals surface area contributed by atoms with Gasteiger partial charge in [0, 0.05) is 24.8 Å². The average molecular weight is 235 g/mol. The molecule has 1 aliphatic rings. The molecule has 94 valence electrons. The van der Waals surface area contributed by atoms with Crippen LogP contribution in [0.4, 0.5) is 5.82 Å². The van der Waals surface area contributed by atoms with E-state index in [9.17, 15) is 5.11 Å². The summed E-state index contributed by atoms with van der Waals surface area (Å²) in [6.07, 6.45) is 6.87. The summed E-state index contributed by atoms with van der Waals surface area (Å²) in [6, 6.07) is 0. The number of hydrogen-bond acceptors (Lipinski definition) is 4. The van der Waals surface area contributed by atoms with Crippen molar-refractivity contribution in [2.45, 2.75) is 39.7 Å². The normalized spacial score (nSPS) is 20.1. The fourth-order valence-corrected chi connectivity index (χ4v) is 2.38. The van der Waals surface area contributed by atoms with Gasteiger partial charge in [-0.05, 0) is 24.7 Å². The van der Waals surface area contributed by atoms with Crippen LogP contribution in [-0.4, -0.2) is 28.2 Å². The van der Waals surface area contributed by atoms with E-state index in [1.54, 1.807) is 12.5 Å². The van der Waals surface area contributed by atoms with E-state index in [-0.39, 0.29) is 6.61 Å². The lowest BCUT2D eigenvalue weighted by Gasteiger charge is -2.25. The quantitative estimate of drug-likeness (QED) is 0.851. The molecule has 2 heterocycles. The molecule has 2 rings (SSSR count). The Hall–Kier alpha value is -1.16. The van der Waals surface area contributed by atoms with Crippen LogP contribution >= 0.6 is 0 Å². The summed E-state index contributed by atoms with van der Waals surface area (Å²) in [4.78, 5) is 10.6. The second kappa shape index (κ2) is 5.00. The molecule has 17 heavy (non-hydrogen) atoms. The van der Waals surface area contributed by atoms with Crippen molar-refractivity contribution in [1.82, 2.24) is 9.97 Å². The molecule has 4 heteroatoms. The lowest BCUT2D eigenvalue weighted by Crippen LogP contribution is -2.27. The fraction of sp³-hybridized carbons (Fsp3) is 0.692. The lowest BCUT2D eigenvalue weighted by atomic mass is 9.85. The Morgan fingerprint density at radius 3 is 2.94 bits per heavy atom. The monoisotopic (exact) mass is 235 g/mol. The summed E-state index contributed by atoms with van der Waals surface area (Å²) in [5, 5.41) is 9.32. The molecule has 4 nitrogen and oxygen atoms in total. The molecule has 0 amide bonds. The smallest absolute Gasteiger partial charge is 0.137 e. The topological polar surface area (TPSA) is 49.2 Å². The highest BCUT2D eigenvalue weighted by atomic mass is 16.3. The molecule has 1 aromatic rings. The van der Waals surface area contributed by atoms with Gasteiger partial charge >= 0.3 is 0 Å². The first-order chi connectivity index (χ1) is 8.12. The van der Waals surface area contributed by atoms with Crippen LogP contribution in [0.15, 0.2) is 12.5 Å². The minimum Gasteiger partial charge on any atom is -0.391 e. The second-order valence-corrected chi connectivity index (χ2v) is 5.53. The average Bonchev–Trinajstić information content (AvgIpc) is 2.50. The van der Waals surface area contributed by atoms with Gasteiger partial charge in [-0.2, -0.15) is 0 Å². The maximum absolute atomic E-state index is 9.32. The summed E-state index contributed by atoms with van der Waals surface area (Å²) in [7, 11) is 0. The van der Waals surface area contributed by atoms with Crippen molar-refractivity contribution >= 4 is 5.82 Å². The molecule has 1 saturated heterocycles. The Kier molecular flexibility index (Phi) is 3.62. The molecular weight excluding hydrogens is 214 g/mol. The van der Waals surface area contributed by atoms with Crippen molar-refractivity contribution in [2.75, 3.05) is 18.0 Å². The van der Waals surface area contributed by atoms with Gasteiger partial charge in [0.2, 0.25) is 0 Å². The Morgan fingerprint density at radius 1 is 1.35 bits per heavy atom. The van der Waals surface area contributed by atoms with Gasteiger partial charge in [-0.25, -0.2) is 9.97 Å². The standard InChI is InChI=1S/C13H21N3O/c1-13(2)4-3-6-16(7-5-13)12-11(9-17)8-14-10-15-12/h8,10,17H,3-7,9H2,1-2H3. The third kappa shape index (κ3) is 2.94. The van der Waals surface area contributed by atoms with E-state index >= 15 is 0 Å². The van der Waals surface area contributed by atoms with Crippen molar-refractivity contribution in [3.8, 4) is 0 Å². The first-order valence-corrected chi connectivity index (χ1v) is 6.27. The van der Waals surface area contributed by atoms with Crippen molar-refractivity contribution in [2.24, 2.45) is 5.41 Å². The Balaban J connectivity index is 2.17. The molecule has 0 radical (unpaired) electrons. The van der Waals surface area contributed by atoms with Gasteiger partial charge in [0.25, 0.3) is 0 Å². The van der Waals surface area contributed by atoms with Crippen LogP contribution in [0.5, 0.6) is 0 Å². The van der Waals surface area contributed by atoms with Crippen LogP contribution < -0.4 is 4.90 Å². The zero-order valence-corrected chi connectivity index (χ0v) is 10.7. The highest BCUT2D eigenvalue weighted by Gasteiger charge is 2.24. The zero-order valence-electron chi connectivity index (χ0n) is 10.7. The van der Waals surface area contributed by atoms with E-state index in [0.29, 0.717) is 5.41 Å². The van der Waals surface area contributed by atoms with Gasteiger partial charge in [0.05, 0.1) is 6.61 Å². The van der Waals surface area contributed by atoms with Gasteiger partial charge in [0.1, 0.15) is 12.1 Å². The first-order valence-electron chi connectivity index (χ1n) is 6.27. The van der Waals surface area contributed by atoms with Crippen molar-refractivity contribution in [3.05, 3.63) is 18.1 Å². The summed E-state index contributed by atoms with van der Waals surface area (Å²) < 4.78 is 0. The van der Waals surface area contributed by atoms with E-state index in [0.717, 1.165) is 24.5 Å². The van der Waals surface area contributed by atoms with E-state index < -0.39 is 0 Å². The molecule has 1 fully saturated rings. The second-order valence-electron chi connectivity index (χ2n) is 5.53. The summed E-state index contributed by atoms with van der Waals surface area (Å²) in [6.45, 7) is 6.69. The molecular formula is C13H21N3O. The molecule has 0 atom stereocenters. The van der Waals surface area contributed by atoms with Crippen LogP contribution in [-0.2, 0) is 6.61 Å². The predicted octanol–water partition coefficient (Wildman–Crippen LogP) is 1.99. The highest BCUT2D eigenvalue weighted by Crippen LogP contribution is 2.31. The Morgan fingerprint density at radius 2 is 2.18 bits per heavy atom. The van der Waals surface area contributed by atoms with E-state index in [2.05, 4.69) is 28.7 Å². The highest BCUT2D eigenvalue weighted by molar-refractivity contribution is 5.45.